The van der Waals surface area contributed by atoms with E-state index in [4.69, 9.17) is 10.6 Å². The zero-order valence-corrected chi connectivity index (χ0v) is 11.8. The van der Waals surface area contributed by atoms with E-state index in [0.717, 1.165) is 30.4 Å². The summed E-state index contributed by atoms with van der Waals surface area (Å²) < 4.78 is 5.80. The molecule has 0 bridgehead atoms. The van der Waals surface area contributed by atoms with Gasteiger partial charge < -0.3 is 4.74 Å². The minimum absolute atomic E-state index is 0.132. The monoisotopic (exact) mass is 271 g/mol. The molecule has 0 spiro atoms. The Morgan fingerprint density at radius 1 is 1.45 bits per heavy atom. The highest BCUT2D eigenvalue weighted by molar-refractivity contribution is 5.79. The Morgan fingerprint density at radius 2 is 2.35 bits per heavy atom. The average molecular weight is 271 g/mol. The van der Waals surface area contributed by atoms with Crippen molar-refractivity contribution in [3.63, 3.8) is 0 Å². The number of fused-ring (bicyclic) bond motifs is 1. The van der Waals surface area contributed by atoms with Crippen molar-refractivity contribution < 1.29 is 4.74 Å². The summed E-state index contributed by atoms with van der Waals surface area (Å²) in [6.45, 7) is 3.00. The number of nitrogens with two attached hydrogens (primary N) is 1. The Balaban J connectivity index is 1.94. The number of aromatic nitrogens is 1. The second kappa shape index (κ2) is 5.87. The number of rotatable bonds is 4. The van der Waals surface area contributed by atoms with Crippen molar-refractivity contribution in [1.29, 1.82) is 0 Å². The Morgan fingerprint density at radius 3 is 3.15 bits per heavy atom. The molecule has 3 atom stereocenters. The maximum Gasteiger partial charge on any atom is 0.0702 e. The maximum absolute atomic E-state index is 5.82. The van der Waals surface area contributed by atoms with Gasteiger partial charge in [0.05, 0.1) is 17.7 Å². The first kappa shape index (κ1) is 13.5. The van der Waals surface area contributed by atoms with E-state index in [1.54, 1.807) is 0 Å². The van der Waals surface area contributed by atoms with Gasteiger partial charge in [-0.1, -0.05) is 19.1 Å². The number of hydrazine groups is 1. The standard InChI is InChI=1S/C16H21N3O/c1-2-15-13(7-9-20-15)16(19-17)12-5-6-14-11(10-12)4-3-8-18-14/h3-6,8,10,13,15-16,19H,2,7,9,17H2,1H3. The first-order valence-electron chi connectivity index (χ1n) is 7.26. The fourth-order valence-corrected chi connectivity index (χ4v) is 3.22. The van der Waals surface area contributed by atoms with Gasteiger partial charge in [-0.25, -0.2) is 0 Å². The largest absolute Gasteiger partial charge is 0.378 e. The molecule has 0 radical (unpaired) electrons. The van der Waals surface area contributed by atoms with Crippen LogP contribution in [0, 0.1) is 5.92 Å². The fraction of sp³-hybridized carbons (Fsp3) is 0.438. The predicted octanol–water partition coefficient (Wildman–Crippen LogP) is 2.55. The van der Waals surface area contributed by atoms with Crippen molar-refractivity contribution in [2.45, 2.75) is 31.9 Å². The van der Waals surface area contributed by atoms with Gasteiger partial charge in [0.25, 0.3) is 0 Å². The topological polar surface area (TPSA) is 60.2 Å². The molecule has 1 saturated heterocycles. The molecule has 3 unspecified atom stereocenters. The van der Waals surface area contributed by atoms with Crippen molar-refractivity contribution in [3.05, 3.63) is 42.1 Å². The SMILES string of the molecule is CCC1OCCC1C(NN)c1ccc2ncccc2c1. The molecule has 4 nitrogen and oxygen atoms in total. The summed E-state index contributed by atoms with van der Waals surface area (Å²) in [4.78, 5) is 4.36. The van der Waals surface area contributed by atoms with Crippen molar-refractivity contribution in [1.82, 2.24) is 10.4 Å². The van der Waals surface area contributed by atoms with Crippen LogP contribution in [-0.4, -0.2) is 17.7 Å². The molecule has 0 aliphatic carbocycles. The van der Waals surface area contributed by atoms with Gasteiger partial charge in [0.1, 0.15) is 0 Å². The van der Waals surface area contributed by atoms with E-state index in [1.807, 2.05) is 12.3 Å². The zero-order valence-electron chi connectivity index (χ0n) is 11.8. The van der Waals surface area contributed by atoms with Gasteiger partial charge >= 0.3 is 0 Å². The highest BCUT2D eigenvalue weighted by Gasteiger charge is 2.34. The van der Waals surface area contributed by atoms with Gasteiger partial charge in [-0.15, -0.1) is 0 Å². The molecule has 1 aliphatic rings. The molecule has 0 saturated carbocycles. The Bertz CT molecular complexity index is 587. The third kappa shape index (κ3) is 2.42. The molecular formula is C16H21N3O. The van der Waals surface area contributed by atoms with Crippen LogP contribution >= 0.6 is 0 Å². The minimum Gasteiger partial charge on any atom is -0.378 e. The number of hydrogen-bond donors (Lipinski definition) is 2. The van der Waals surface area contributed by atoms with E-state index in [0.29, 0.717) is 12.0 Å². The van der Waals surface area contributed by atoms with E-state index in [9.17, 15) is 0 Å². The second-order valence-corrected chi connectivity index (χ2v) is 5.37. The predicted molar refractivity (Wildman–Crippen MR) is 79.9 cm³/mol. The van der Waals surface area contributed by atoms with Crippen molar-refractivity contribution in [3.8, 4) is 0 Å². The van der Waals surface area contributed by atoms with E-state index in [-0.39, 0.29) is 6.04 Å². The number of ether oxygens (including phenoxy) is 1. The lowest BCUT2D eigenvalue weighted by Crippen LogP contribution is -2.36. The number of benzene rings is 1. The van der Waals surface area contributed by atoms with Crippen LogP contribution in [0.4, 0.5) is 0 Å². The van der Waals surface area contributed by atoms with Gasteiger partial charge in [0, 0.05) is 24.1 Å². The third-order valence-electron chi connectivity index (χ3n) is 4.26. The normalized spacial score (nSPS) is 24.1. The van der Waals surface area contributed by atoms with E-state index in [1.165, 1.54) is 5.56 Å². The summed E-state index contributed by atoms with van der Waals surface area (Å²) in [5, 5.41) is 1.15. The third-order valence-corrected chi connectivity index (χ3v) is 4.26. The molecule has 3 N–H and O–H groups in total. The zero-order chi connectivity index (χ0) is 13.9. The number of pyridine rings is 1. The van der Waals surface area contributed by atoms with Gasteiger partial charge in [0.15, 0.2) is 0 Å². The van der Waals surface area contributed by atoms with Crippen LogP contribution in [0.2, 0.25) is 0 Å². The van der Waals surface area contributed by atoms with E-state index in [2.05, 4.69) is 41.6 Å². The smallest absolute Gasteiger partial charge is 0.0702 e. The lowest BCUT2D eigenvalue weighted by atomic mass is 9.86. The Hall–Kier alpha value is -1.49. The molecule has 106 valence electrons. The van der Waals surface area contributed by atoms with Crippen molar-refractivity contribution in [2.24, 2.45) is 11.8 Å². The van der Waals surface area contributed by atoms with Crippen LogP contribution in [0.1, 0.15) is 31.4 Å². The van der Waals surface area contributed by atoms with E-state index < -0.39 is 0 Å². The molecule has 0 amide bonds. The first-order valence-corrected chi connectivity index (χ1v) is 7.26. The van der Waals surface area contributed by atoms with Gasteiger partial charge in [-0.05, 0) is 36.6 Å². The summed E-state index contributed by atoms with van der Waals surface area (Å²) in [5.74, 6) is 6.25. The second-order valence-electron chi connectivity index (χ2n) is 5.37. The summed E-state index contributed by atoms with van der Waals surface area (Å²) in [5.41, 5.74) is 5.21. The summed E-state index contributed by atoms with van der Waals surface area (Å²) >= 11 is 0. The number of hydrogen-bond acceptors (Lipinski definition) is 4. The highest BCUT2D eigenvalue weighted by Crippen LogP contribution is 2.35. The quantitative estimate of drug-likeness (QED) is 0.663. The molecule has 1 aromatic carbocycles. The molecular weight excluding hydrogens is 250 g/mol. The van der Waals surface area contributed by atoms with Crippen molar-refractivity contribution in [2.75, 3.05) is 6.61 Å². The number of nitrogens with one attached hydrogen (secondary N) is 1. The highest BCUT2D eigenvalue weighted by atomic mass is 16.5. The molecule has 1 aromatic heterocycles. The summed E-state index contributed by atoms with van der Waals surface area (Å²) in [6, 6.07) is 10.5. The van der Waals surface area contributed by atoms with Gasteiger partial charge in [-0.2, -0.15) is 0 Å². The average Bonchev–Trinajstić information content (AvgIpc) is 2.96. The van der Waals surface area contributed by atoms with Crippen LogP contribution in [0.15, 0.2) is 36.5 Å². The first-order chi connectivity index (χ1) is 9.83. The molecule has 2 aromatic rings. The van der Waals surface area contributed by atoms with E-state index >= 15 is 0 Å². The van der Waals surface area contributed by atoms with Gasteiger partial charge in [-0.3, -0.25) is 16.3 Å². The minimum atomic E-state index is 0.132. The lowest BCUT2D eigenvalue weighted by molar-refractivity contribution is 0.0774. The van der Waals surface area contributed by atoms with Crippen LogP contribution in [-0.2, 0) is 4.74 Å². The molecule has 2 heterocycles. The Labute approximate surface area is 119 Å². The lowest BCUT2D eigenvalue weighted by Gasteiger charge is -2.27. The maximum atomic E-state index is 5.82. The molecule has 1 aliphatic heterocycles. The molecule has 3 rings (SSSR count). The van der Waals surface area contributed by atoms with Crippen LogP contribution in [0.25, 0.3) is 10.9 Å². The Kier molecular flexibility index (Phi) is 3.96. The van der Waals surface area contributed by atoms with Crippen LogP contribution < -0.4 is 11.3 Å². The van der Waals surface area contributed by atoms with Crippen molar-refractivity contribution >= 4 is 10.9 Å². The van der Waals surface area contributed by atoms with Crippen LogP contribution in [0.3, 0.4) is 0 Å². The molecule has 1 fully saturated rings. The van der Waals surface area contributed by atoms with Gasteiger partial charge in [0.2, 0.25) is 0 Å². The van der Waals surface area contributed by atoms with Crippen LogP contribution in [0.5, 0.6) is 0 Å². The molecule has 4 heteroatoms. The summed E-state index contributed by atoms with van der Waals surface area (Å²) in [6.07, 6.45) is 4.19. The summed E-state index contributed by atoms with van der Waals surface area (Å²) in [7, 11) is 0. The fourth-order valence-electron chi connectivity index (χ4n) is 3.22. The number of nitrogens with zero attached hydrogens (tertiary/aromatic N) is 1. The molecule has 20 heavy (non-hydrogen) atoms.